The van der Waals surface area contributed by atoms with Gasteiger partial charge >= 0.3 is 6.18 Å². The summed E-state index contributed by atoms with van der Waals surface area (Å²) >= 11 is 5.90. The molecule has 3 aromatic rings. The lowest BCUT2D eigenvalue weighted by molar-refractivity contribution is -0.265. The highest BCUT2D eigenvalue weighted by Gasteiger charge is 2.56. The number of nitrogens with one attached hydrogen (secondary N) is 2. The molecule has 0 saturated heterocycles. The number of benzene rings is 2. The normalized spacial score (nSPS) is 15.5. The summed E-state index contributed by atoms with van der Waals surface area (Å²) in [6, 6.07) is 12.3. The molecule has 0 radical (unpaired) electrons. The van der Waals surface area contributed by atoms with E-state index in [1.165, 1.54) is 30.3 Å². The molecule has 6 nitrogen and oxygen atoms in total. The van der Waals surface area contributed by atoms with Crippen LogP contribution in [0.2, 0.25) is 5.02 Å². The second-order valence-electron chi connectivity index (χ2n) is 10.0. The Kier molecular flexibility index (Phi) is 7.93. The van der Waals surface area contributed by atoms with Crippen LogP contribution in [-0.2, 0) is 11.1 Å². The first-order valence-corrected chi connectivity index (χ1v) is 12.6. The van der Waals surface area contributed by atoms with Crippen molar-refractivity contribution in [1.82, 2.24) is 15.6 Å². The molecule has 39 heavy (non-hydrogen) atoms. The Morgan fingerprint density at radius 2 is 1.77 bits per heavy atom. The van der Waals surface area contributed by atoms with Crippen molar-refractivity contribution in [3.63, 3.8) is 0 Å². The predicted octanol–water partition coefficient (Wildman–Crippen LogP) is 5.72. The molecule has 1 aliphatic carbocycles. The van der Waals surface area contributed by atoms with Gasteiger partial charge in [-0.05, 0) is 93.9 Å². The fourth-order valence-electron chi connectivity index (χ4n) is 3.76. The van der Waals surface area contributed by atoms with E-state index in [2.05, 4.69) is 15.6 Å². The Hall–Kier alpha value is -3.21. The lowest BCUT2D eigenvalue weighted by atomic mass is 9.89. The van der Waals surface area contributed by atoms with E-state index in [0.717, 1.165) is 25.0 Å². The van der Waals surface area contributed by atoms with Crippen molar-refractivity contribution in [3.8, 4) is 17.0 Å². The first-order valence-electron chi connectivity index (χ1n) is 12.2. The van der Waals surface area contributed by atoms with Crippen molar-refractivity contribution in [1.29, 1.82) is 0 Å². The highest BCUT2D eigenvalue weighted by molar-refractivity contribution is 6.31. The van der Waals surface area contributed by atoms with E-state index in [1.54, 1.807) is 33.0 Å². The molecule has 1 fully saturated rings. The maximum atomic E-state index is 14.4. The molecule has 0 bridgehead atoms. The van der Waals surface area contributed by atoms with Crippen LogP contribution in [-0.4, -0.2) is 41.9 Å². The van der Waals surface area contributed by atoms with Crippen LogP contribution in [0.4, 0.5) is 17.6 Å². The summed E-state index contributed by atoms with van der Waals surface area (Å²) in [5.41, 5.74) is -4.37. The van der Waals surface area contributed by atoms with E-state index in [0.29, 0.717) is 11.3 Å². The molecular weight excluding hydrogens is 538 g/mol. The standard InChI is InChI=1S/C28H28ClF4N3O3/c1-26(2,34-3)18-13-23(17-6-11-22(30)21(29)12-17)36-24(14-18)27(38,28(31,32)33)15-35-25(37)16-4-7-19(8-5-16)39-20-9-10-20/h4-8,11-14,20,34,38H,9-10,15H2,1-3H3,(H,35,37). The first-order chi connectivity index (χ1) is 18.2. The number of carbonyl (C=O) groups excluding carboxylic acids is 1. The SMILES string of the molecule is CNC(C)(C)c1cc(-c2ccc(F)c(Cl)c2)nc(C(O)(CNC(=O)c2ccc(OC3CC3)cc2)C(F)(F)F)c1. The fourth-order valence-corrected chi connectivity index (χ4v) is 3.94. The van der Waals surface area contributed by atoms with E-state index in [9.17, 15) is 27.5 Å². The van der Waals surface area contributed by atoms with Crippen LogP contribution in [0.1, 0.15) is 48.3 Å². The zero-order chi connectivity index (χ0) is 28.6. The molecule has 2 aromatic carbocycles. The van der Waals surface area contributed by atoms with Gasteiger partial charge in [-0.1, -0.05) is 11.6 Å². The summed E-state index contributed by atoms with van der Waals surface area (Å²) in [6.45, 7) is 2.27. The topological polar surface area (TPSA) is 83.5 Å². The maximum absolute atomic E-state index is 14.4. The van der Waals surface area contributed by atoms with Gasteiger partial charge in [-0.25, -0.2) is 9.37 Å². The number of pyridine rings is 1. The summed E-state index contributed by atoms with van der Waals surface area (Å²) in [4.78, 5) is 16.8. The molecule has 11 heteroatoms. The van der Waals surface area contributed by atoms with Crippen molar-refractivity contribution >= 4 is 17.5 Å². The summed E-state index contributed by atoms with van der Waals surface area (Å²) < 4.78 is 62.7. The lowest BCUT2D eigenvalue weighted by Crippen LogP contribution is -2.51. The molecule has 4 rings (SSSR count). The van der Waals surface area contributed by atoms with Crippen LogP contribution in [0.5, 0.6) is 5.75 Å². The average Bonchev–Trinajstić information content (AvgIpc) is 3.72. The van der Waals surface area contributed by atoms with Gasteiger partial charge in [-0.3, -0.25) is 4.79 Å². The Balaban J connectivity index is 1.69. The minimum Gasteiger partial charge on any atom is -0.490 e. The van der Waals surface area contributed by atoms with Crippen LogP contribution in [0, 0.1) is 5.82 Å². The van der Waals surface area contributed by atoms with E-state index in [1.807, 2.05) is 0 Å². The summed E-state index contributed by atoms with van der Waals surface area (Å²) in [5.74, 6) is -0.954. The molecule has 1 amide bonds. The molecule has 3 N–H and O–H groups in total. The fraction of sp³-hybridized carbons (Fsp3) is 0.357. The van der Waals surface area contributed by atoms with Crippen LogP contribution in [0.25, 0.3) is 11.3 Å². The molecular formula is C28H28ClF4N3O3. The summed E-state index contributed by atoms with van der Waals surface area (Å²) in [6.07, 6.45) is -3.16. The van der Waals surface area contributed by atoms with Crippen LogP contribution in [0.3, 0.4) is 0 Å². The molecule has 1 unspecified atom stereocenters. The van der Waals surface area contributed by atoms with Gasteiger partial charge in [0.1, 0.15) is 11.6 Å². The maximum Gasteiger partial charge on any atom is 0.424 e. The number of rotatable bonds is 9. The van der Waals surface area contributed by atoms with Gasteiger partial charge in [-0.2, -0.15) is 13.2 Å². The van der Waals surface area contributed by atoms with Gasteiger partial charge in [0.25, 0.3) is 5.91 Å². The second-order valence-corrected chi connectivity index (χ2v) is 10.4. The van der Waals surface area contributed by atoms with Crippen molar-refractivity contribution in [2.24, 2.45) is 0 Å². The van der Waals surface area contributed by atoms with Gasteiger partial charge in [0, 0.05) is 16.7 Å². The number of alkyl halides is 3. The minimum atomic E-state index is -5.21. The Labute approximate surface area is 228 Å². The van der Waals surface area contributed by atoms with Crippen LogP contribution in [0.15, 0.2) is 54.6 Å². The number of hydrogen-bond donors (Lipinski definition) is 3. The number of nitrogens with zero attached hydrogens (tertiary/aromatic N) is 1. The first kappa shape index (κ1) is 28.8. The van der Waals surface area contributed by atoms with Crippen LogP contribution < -0.4 is 15.4 Å². The molecule has 1 heterocycles. The number of hydrogen-bond acceptors (Lipinski definition) is 5. The smallest absolute Gasteiger partial charge is 0.424 e. The van der Waals surface area contributed by atoms with Gasteiger partial charge in [0.05, 0.1) is 29.1 Å². The van der Waals surface area contributed by atoms with E-state index < -0.39 is 41.3 Å². The third kappa shape index (κ3) is 6.34. The van der Waals surface area contributed by atoms with Gasteiger partial charge in [0.2, 0.25) is 5.60 Å². The second kappa shape index (κ2) is 10.7. The number of carbonyl (C=O) groups is 1. The number of aromatic nitrogens is 1. The number of amides is 1. The number of aliphatic hydroxyl groups is 1. The Morgan fingerprint density at radius 1 is 1.10 bits per heavy atom. The predicted molar refractivity (Wildman–Crippen MR) is 139 cm³/mol. The summed E-state index contributed by atoms with van der Waals surface area (Å²) in [5, 5.41) is 16.0. The minimum absolute atomic E-state index is 0.0352. The third-order valence-electron chi connectivity index (χ3n) is 6.73. The van der Waals surface area contributed by atoms with E-state index in [4.69, 9.17) is 16.3 Å². The Morgan fingerprint density at radius 3 is 2.33 bits per heavy atom. The molecule has 0 aliphatic heterocycles. The summed E-state index contributed by atoms with van der Waals surface area (Å²) in [7, 11) is 1.63. The zero-order valence-electron chi connectivity index (χ0n) is 21.5. The van der Waals surface area contributed by atoms with Crippen molar-refractivity contribution in [2.75, 3.05) is 13.6 Å². The molecule has 1 saturated carbocycles. The van der Waals surface area contributed by atoms with Gasteiger partial charge in [0.15, 0.2) is 0 Å². The average molecular weight is 566 g/mol. The van der Waals surface area contributed by atoms with Crippen molar-refractivity contribution in [3.05, 3.63) is 82.3 Å². The van der Waals surface area contributed by atoms with Crippen LogP contribution >= 0.6 is 11.6 Å². The number of halogens is 5. The largest absolute Gasteiger partial charge is 0.490 e. The highest BCUT2D eigenvalue weighted by atomic mass is 35.5. The molecule has 1 aliphatic rings. The van der Waals surface area contributed by atoms with Gasteiger partial charge < -0.3 is 20.5 Å². The van der Waals surface area contributed by atoms with E-state index >= 15 is 0 Å². The molecule has 208 valence electrons. The molecule has 1 atom stereocenters. The van der Waals surface area contributed by atoms with Gasteiger partial charge in [-0.15, -0.1) is 0 Å². The Bertz CT molecular complexity index is 1360. The third-order valence-corrected chi connectivity index (χ3v) is 7.02. The molecule has 0 spiro atoms. The zero-order valence-corrected chi connectivity index (χ0v) is 22.3. The quantitative estimate of drug-likeness (QED) is 0.289. The monoisotopic (exact) mass is 565 g/mol. The van der Waals surface area contributed by atoms with Crippen molar-refractivity contribution < 1.29 is 32.2 Å². The lowest BCUT2D eigenvalue weighted by Gasteiger charge is -2.33. The highest BCUT2D eigenvalue weighted by Crippen LogP contribution is 2.40. The van der Waals surface area contributed by atoms with Crippen molar-refractivity contribution in [2.45, 2.75) is 50.1 Å². The number of ether oxygens (including phenoxy) is 1. The molecule has 1 aromatic heterocycles. The van der Waals surface area contributed by atoms with E-state index in [-0.39, 0.29) is 27.9 Å².